The number of thioether (sulfide) groups is 1. The van der Waals surface area contributed by atoms with Crippen molar-refractivity contribution in [3.8, 4) is 11.6 Å². The molecule has 1 saturated carbocycles. The molecule has 1 aliphatic rings. The van der Waals surface area contributed by atoms with Crippen LogP contribution in [-0.4, -0.2) is 56.9 Å². The largest absolute Gasteiger partial charge is 0.461 e. The van der Waals surface area contributed by atoms with E-state index in [0.717, 1.165) is 12.8 Å². The number of nitrogens with zero attached hydrogens (tertiary/aromatic N) is 4. The van der Waals surface area contributed by atoms with Crippen LogP contribution in [0.3, 0.4) is 0 Å². The van der Waals surface area contributed by atoms with Crippen molar-refractivity contribution in [2.24, 2.45) is 7.05 Å². The molecule has 128 valence electrons. The Morgan fingerprint density at radius 3 is 2.92 bits per heavy atom. The molecular formula is C15H19N5O3S. The number of hydrogen-bond acceptors (Lipinski definition) is 6. The predicted molar refractivity (Wildman–Crippen MR) is 88.2 cm³/mol. The van der Waals surface area contributed by atoms with E-state index in [-0.39, 0.29) is 24.1 Å². The Kier molecular flexibility index (Phi) is 4.89. The van der Waals surface area contributed by atoms with Gasteiger partial charge in [-0.05, 0) is 25.0 Å². The zero-order valence-corrected chi connectivity index (χ0v) is 14.4. The van der Waals surface area contributed by atoms with Crippen LogP contribution in [0.1, 0.15) is 12.8 Å². The maximum Gasteiger partial charge on any atom is 0.239 e. The van der Waals surface area contributed by atoms with E-state index in [9.17, 15) is 9.59 Å². The summed E-state index contributed by atoms with van der Waals surface area (Å²) >= 11 is 1.28. The van der Waals surface area contributed by atoms with Crippen LogP contribution in [0.25, 0.3) is 11.6 Å². The summed E-state index contributed by atoms with van der Waals surface area (Å²) in [5, 5.41) is 11.6. The first kappa shape index (κ1) is 16.6. The van der Waals surface area contributed by atoms with Crippen LogP contribution in [0.4, 0.5) is 0 Å². The van der Waals surface area contributed by atoms with E-state index in [1.165, 1.54) is 16.7 Å². The molecule has 1 N–H and O–H groups in total. The Morgan fingerprint density at radius 1 is 1.46 bits per heavy atom. The number of furan rings is 1. The minimum Gasteiger partial charge on any atom is -0.461 e. The Morgan fingerprint density at radius 2 is 2.25 bits per heavy atom. The van der Waals surface area contributed by atoms with Gasteiger partial charge in [0.05, 0.1) is 18.6 Å². The molecule has 0 aromatic carbocycles. The van der Waals surface area contributed by atoms with Gasteiger partial charge in [-0.25, -0.2) is 0 Å². The van der Waals surface area contributed by atoms with Gasteiger partial charge in [-0.1, -0.05) is 11.8 Å². The molecule has 0 spiro atoms. The van der Waals surface area contributed by atoms with Crippen molar-refractivity contribution in [1.82, 2.24) is 25.0 Å². The molecule has 2 aromatic rings. The highest BCUT2D eigenvalue weighted by atomic mass is 32.2. The van der Waals surface area contributed by atoms with E-state index in [4.69, 9.17) is 4.42 Å². The van der Waals surface area contributed by atoms with Gasteiger partial charge in [-0.15, -0.1) is 10.2 Å². The molecule has 24 heavy (non-hydrogen) atoms. The van der Waals surface area contributed by atoms with Crippen molar-refractivity contribution in [2.75, 3.05) is 19.3 Å². The van der Waals surface area contributed by atoms with Crippen LogP contribution in [0.15, 0.2) is 28.0 Å². The summed E-state index contributed by atoms with van der Waals surface area (Å²) in [5.74, 6) is 1.17. The highest BCUT2D eigenvalue weighted by Gasteiger charge is 2.24. The van der Waals surface area contributed by atoms with Crippen molar-refractivity contribution in [3.63, 3.8) is 0 Å². The van der Waals surface area contributed by atoms with E-state index in [0.29, 0.717) is 22.8 Å². The maximum atomic E-state index is 12.1. The molecule has 2 aromatic heterocycles. The summed E-state index contributed by atoms with van der Waals surface area (Å²) in [7, 11) is 3.44. The molecule has 2 heterocycles. The highest BCUT2D eigenvalue weighted by molar-refractivity contribution is 7.99. The molecule has 2 amide bonds. The number of amides is 2. The second-order valence-corrected chi connectivity index (χ2v) is 6.67. The monoisotopic (exact) mass is 349 g/mol. The predicted octanol–water partition coefficient (Wildman–Crippen LogP) is 0.904. The van der Waals surface area contributed by atoms with Crippen LogP contribution in [0.2, 0.25) is 0 Å². The number of likely N-dealkylation sites (N-methyl/N-ethyl adjacent to an activating group) is 1. The lowest BCUT2D eigenvalue weighted by Crippen LogP contribution is -2.39. The molecule has 0 saturated heterocycles. The fraction of sp³-hybridized carbons (Fsp3) is 0.467. The lowest BCUT2D eigenvalue weighted by atomic mass is 10.4. The molecule has 0 bridgehead atoms. The van der Waals surface area contributed by atoms with Gasteiger partial charge in [-0.3, -0.25) is 9.59 Å². The summed E-state index contributed by atoms with van der Waals surface area (Å²) < 4.78 is 7.08. The number of nitrogens with one attached hydrogen (secondary N) is 1. The number of aromatic nitrogens is 3. The molecule has 1 aliphatic carbocycles. The first-order valence-electron chi connectivity index (χ1n) is 7.64. The van der Waals surface area contributed by atoms with Crippen LogP contribution in [-0.2, 0) is 16.6 Å². The Bertz CT molecular complexity index is 724. The summed E-state index contributed by atoms with van der Waals surface area (Å²) in [6.07, 6.45) is 3.63. The van der Waals surface area contributed by atoms with Gasteiger partial charge in [0.1, 0.15) is 0 Å². The second kappa shape index (κ2) is 7.08. The zero-order chi connectivity index (χ0) is 17.1. The van der Waals surface area contributed by atoms with Crippen molar-refractivity contribution in [3.05, 3.63) is 18.4 Å². The third-order valence-electron chi connectivity index (χ3n) is 3.65. The normalized spacial score (nSPS) is 13.8. The first-order chi connectivity index (χ1) is 11.5. The average molecular weight is 349 g/mol. The van der Waals surface area contributed by atoms with Crippen LogP contribution in [0, 0.1) is 0 Å². The molecule has 0 unspecified atom stereocenters. The quantitative estimate of drug-likeness (QED) is 0.747. The van der Waals surface area contributed by atoms with Gasteiger partial charge >= 0.3 is 0 Å². The molecule has 1 fully saturated rings. The number of hydrogen-bond donors (Lipinski definition) is 1. The molecule has 0 aliphatic heterocycles. The maximum absolute atomic E-state index is 12.1. The van der Waals surface area contributed by atoms with Gasteiger partial charge < -0.3 is 19.2 Å². The first-order valence-corrected chi connectivity index (χ1v) is 8.62. The Balaban J connectivity index is 1.51. The standard InChI is InChI=1S/C15H19N5O3S/c1-19(8-12(21)16-10-5-6-10)13(22)9-24-15-18-17-14(20(15)2)11-4-3-7-23-11/h3-4,7,10H,5-6,8-9H2,1-2H3,(H,16,21). The zero-order valence-electron chi connectivity index (χ0n) is 13.6. The molecule has 8 nitrogen and oxygen atoms in total. The van der Waals surface area contributed by atoms with Crippen LogP contribution in [0.5, 0.6) is 0 Å². The van der Waals surface area contributed by atoms with Crippen molar-refractivity contribution < 1.29 is 14.0 Å². The van der Waals surface area contributed by atoms with Crippen LogP contribution < -0.4 is 5.32 Å². The van der Waals surface area contributed by atoms with Crippen molar-refractivity contribution in [1.29, 1.82) is 0 Å². The van der Waals surface area contributed by atoms with Crippen molar-refractivity contribution >= 4 is 23.6 Å². The smallest absolute Gasteiger partial charge is 0.239 e. The van der Waals surface area contributed by atoms with Crippen LogP contribution >= 0.6 is 11.8 Å². The van der Waals surface area contributed by atoms with Crippen molar-refractivity contribution in [2.45, 2.75) is 24.0 Å². The van der Waals surface area contributed by atoms with Gasteiger partial charge in [-0.2, -0.15) is 0 Å². The summed E-state index contributed by atoms with van der Waals surface area (Å²) in [4.78, 5) is 25.3. The third-order valence-corrected chi connectivity index (χ3v) is 4.66. The summed E-state index contributed by atoms with van der Waals surface area (Å²) in [5.41, 5.74) is 0. The van der Waals surface area contributed by atoms with Gasteiger partial charge in [0, 0.05) is 20.1 Å². The topological polar surface area (TPSA) is 93.3 Å². The van der Waals surface area contributed by atoms with Gasteiger partial charge in [0.15, 0.2) is 16.7 Å². The van der Waals surface area contributed by atoms with Gasteiger partial charge in [0.2, 0.25) is 11.8 Å². The lowest BCUT2D eigenvalue weighted by molar-refractivity contribution is -0.132. The number of carbonyl (C=O) groups excluding carboxylic acids is 2. The van der Waals surface area contributed by atoms with E-state index in [2.05, 4.69) is 15.5 Å². The minimum atomic E-state index is -0.131. The fourth-order valence-corrected chi connectivity index (χ4v) is 2.95. The second-order valence-electron chi connectivity index (χ2n) is 5.72. The average Bonchev–Trinajstić information content (AvgIpc) is 3.06. The molecule has 0 radical (unpaired) electrons. The summed E-state index contributed by atoms with van der Waals surface area (Å²) in [6.45, 7) is 0.0757. The van der Waals surface area contributed by atoms with E-state index >= 15 is 0 Å². The Hall–Kier alpha value is -2.29. The molecule has 9 heteroatoms. The SMILES string of the molecule is CN(CC(=O)NC1CC1)C(=O)CSc1nnc(-c2ccco2)n1C. The molecular weight excluding hydrogens is 330 g/mol. The van der Waals surface area contributed by atoms with E-state index < -0.39 is 0 Å². The van der Waals surface area contributed by atoms with E-state index in [1.807, 2.05) is 7.05 Å². The number of carbonyl (C=O) groups is 2. The highest BCUT2D eigenvalue weighted by Crippen LogP contribution is 2.23. The fourth-order valence-electron chi connectivity index (χ4n) is 2.10. The summed E-state index contributed by atoms with van der Waals surface area (Å²) in [6, 6.07) is 3.88. The Labute approximate surface area is 143 Å². The molecule has 3 rings (SSSR count). The van der Waals surface area contributed by atoms with Gasteiger partial charge in [0.25, 0.3) is 0 Å². The third kappa shape index (κ3) is 3.97. The molecule has 0 atom stereocenters. The lowest BCUT2D eigenvalue weighted by Gasteiger charge is -2.16. The van der Waals surface area contributed by atoms with E-state index in [1.54, 1.807) is 30.0 Å². The minimum absolute atomic E-state index is 0.0757. The number of rotatable bonds is 7.